The molecule has 0 aromatic heterocycles. The van der Waals surface area contributed by atoms with Crippen LogP contribution < -0.4 is 0 Å². The van der Waals surface area contributed by atoms with E-state index < -0.39 is 73.2 Å². The van der Waals surface area contributed by atoms with Gasteiger partial charge < -0.3 is 37.9 Å². The molecule has 0 amide bonds. The van der Waals surface area contributed by atoms with Crippen molar-refractivity contribution in [2.45, 2.75) is 116 Å². The average Bonchev–Trinajstić information content (AvgIpc) is 2.94. The second kappa shape index (κ2) is 16.0. The Kier molecular flexibility index (Phi) is 12.8. The first-order valence-electron chi connectivity index (χ1n) is 14.2. The van der Waals surface area contributed by atoms with Crippen molar-refractivity contribution in [1.29, 1.82) is 0 Å². The Labute approximate surface area is 247 Å². The first-order valence-corrected chi connectivity index (χ1v) is 14.2. The van der Waals surface area contributed by atoms with E-state index in [1.165, 1.54) is 28.1 Å². The SMILES string of the molecule is CCCCC#Cc1ccccc1C(=O)O[C@H]1C[C@H](OC)[C@H](O[C@@H]2O[C@H](C)[C@@H](OC(C)=O)[C@H](OC)[C@H]2OC(C)=O)[C@@H](C)O1. The van der Waals surface area contributed by atoms with Crippen LogP contribution in [0, 0.1) is 11.8 Å². The molecule has 0 saturated carbocycles. The summed E-state index contributed by atoms with van der Waals surface area (Å²) in [4.78, 5) is 36.8. The summed E-state index contributed by atoms with van der Waals surface area (Å²) in [5.74, 6) is 4.50. The molecule has 0 aliphatic carbocycles. The maximum atomic E-state index is 13.1. The summed E-state index contributed by atoms with van der Waals surface area (Å²) in [5.41, 5.74) is 0.943. The molecule has 1 aromatic rings. The fourth-order valence-electron chi connectivity index (χ4n) is 5.06. The molecule has 2 aliphatic rings. The molecule has 2 heterocycles. The molecule has 3 rings (SSSR count). The van der Waals surface area contributed by atoms with Crippen molar-refractivity contribution in [3.63, 3.8) is 0 Å². The number of unbranched alkanes of at least 4 members (excludes halogenated alkanes) is 2. The number of carbonyl (C=O) groups excluding carboxylic acids is 3. The summed E-state index contributed by atoms with van der Waals surface area (Å²) >= 11 is 0. The van der Waals surface area contributed by atoms with Crippen molar-refractivity contribution in [1.82, 2.24) is 0 Å². The first-order chi connectivity index (χ1) is 20.1. The monoisotopic (exact) mass is 590 g/mol. The summed E-state index contributed by atoms with van der Waals surface area (Å²) in [5, 5.41) is 0. The van der Waals surface area contributed by atoms with Crippen LogP contribution in [0.2, 0.25) is 0 Å². The van der Waals surface area contributed by atoms with Crippen molar-refractivity contribution in [3.8, 4) is 11.8 Å². The fourth-order valence-corrected chi connectivity index (χ4v) is 5.06. The van der Waals surface area contributed by atoms with Crippen LogP contribution in [-0.4, -0.2) is 87.4 Å². The van der Waals surface area contributed by atoms with Crippen LogP contribution in [0.1, 0.15) is 76.2 Å². The van der Waals surface area contributed by atoms with E-state index in [0.29, 0.717) is 11.1 Å². The zero-order valence-corrected chi connectivity index (χ0v) is 25.3. The largest absolute Gasteiger partial charge is 0.457 e. The maximum Gasteiger partial charge on any atom is 0.341 e. The van der Waals surface area contributed by atoms with Gasteiger partial charge in [0, 0.05) is 46.5 Å². The number of hydrogen-bond acceptors (Lipinski definition) is 11. The predicted octanol–water partition coefficient (Wildman–Crippen LogP) is 3.54. The smallest absolute Gasteiger partial charge is 0.341 e. The molecule has 2 fully saturated rings. The quantitative estimate of drug-likeness (QED) is 0.172. The van der Waals surface area contributed by atoms with E-state index in [1.807, 2.05) is 6.07 Å². The highest BCUT2D eigenvalue weighted by atomic mass is 16.8. The maximum absolute atomic E-state index is 13.1. The molecule has 42 heavy (non-hydrogen) atoms. The number of hydrogen-bond donors (Lipinski definition) is 0. The number of benzene rings is 1. The predicted molar refractivity (Wildman–Crippen MR) is 149 cm³/mol. The van der Waals surface area contributed by atoms with Crippen LogP contribution in [0.5, 0.6) is 0 Å². The van der Waals surface area contributed by atoms with Crippen LogP contribution in [0.4, 0.5) is 0 Å². The highest BCUT2D eigenvalue weighted by Gasteiger charge is 2.51. The van der Waals surface area contributed by atoms with Gasteiger partial charge in [-0.2, -0.15) is 0 Å². The van der Waals surface area contributed by atoms with Gasteiger partial charge in [-0.15, -0.1) is 0 Å². The Morgan fingerprint density at radius 2 is 1.55 bits per heavy atom. The topological polar surface area (TPSA) is 125 Å². The normalized spacial score (nSPS) is 30.9. The molecular weight excluding hydrogens is 548 g/mol. The summed E-state index contributed by atoms with van der Waals surface area (Å²) < 4.78 is 46.4. The van der Waals surface area contributed by atoms with Crippen molar-refractivity contribution >= 4 is 17.9 Å². The fraction of sp³-hybridized carbons (Fsp3) is 0.645. The lowest BCUT2D eigenvalue weighted by atomic mass is 9.97. The molecule has 2 aliphatic heterocycles. The van der Waals surface area contributed by atoms with Crippen LogP contribution in [-0.2, 0) is 47.5 Å². The Hall–Kier alpha value is -3.01. The minimum Gasteiger partial charge on any atom is -0.457 e. The van der Waals surface area contributed by atoms with Crippen LogP contribution in [0.15, 0.2) is 24.3 Å². The standard InChI is InChI=1S/C31H42O11/c1-8-9-10-11-14-22-15-12-13-16-23(22)30(34)41-25-17-24(35-6)26(18(2)37-25)42-31-29(40-21(5)33)28(36-7)27(19(3)38-31)39-20(4)32/h12-13,15-16,18-19,24-29,31H,8-10,17H2,1-7H3/t18-,19-,24+,25+,26-,27-,28+,29-,31+/m1/s1. The van der Waals surface area contributed by atoms with Gasteiger partial charge in [0.15, 0.2) is 18.5 Å². The highest BCUT2D eigenvalue weighted by Crippen LogP contribution is 2.33. The molecule has 0 N–H and O–H groups in total. The van der Waals surface area contributed by atoms with Crippen molar-refractivity contribution in [2.75, 3.05) is 14.2 Å². The molecule has 0 spiro atoms. The summed E-state index contributed by atoms with van der Waals surface area (Å²) in [7, 11) is 2.94. The van der Waals surface area contributed by atoms with Gasteiger partial charge in [0.1, 0.15) is 12.2 Å². The van der Waals surface area contributed by atoms with Gasteiger partial charge in [0.05, 0.1) is 23.9 Å². The Bertz CT molecular complexity index is 1130. The minimum absolute atomic E-state index is 0.172. The molecule has 0 unspecified atom stereocenters. The van der Waals surface area contributed by atoms with Gasteiger partial charge in [0.2, 0.25) is 6.29 Å². The third-order valence-electron chi connectivity index (χ3n) is 7.08. The number of methoxy groups -OCH3 is 2. The second-order valence-corrected chi connectivity index (χ2v) is 10.3. The summed E-state index contributed by atoms with van der Waals surface area (Å²) in [6.07, 6.45) is -4.32. The molecule has 232 valence electrons. The first kappa shape index (κ1) is 33.5. The molecular formula is C31H42O11. The van der Waals surface area contributed by atoms with Gasteiger partial charge in [-0.1, -0.05) is 37.3 Å². The van der Waals surface area contributed by atoms with Gasteiger partial charge in [-0.05, 0) is 32.4 Å². The Balaban J connectivity index is 1.73. The third kappa shape index (κ3) is 8.75. The zero-order chi connectivity index (χ0) is 30.8. The molecule has 1 aromatic carbocycles. The molecule has 0 radical (unpaired) electrons. The van der Waals surface area contributed by atoms with Gasteiger partial charge in [-0.25, -0.2) is 4.79 Å². The van der Waals surface area contributed by atoms with Crippen LogP contribution >= 0.6 is 0 Å². The van der Waals surface area contributed by atoms with Crippen LogP contribution in [0.3, 0.4) is 0 Å². The van der Waals surface area contributed by atoms with Crippen molar-refractivity contribution in [2.24, 2.45) is 0 Å². The lowest BCUT2D eigenvalue weighted by Gasteiger charge is -2.46. The van der Waals surface area contributed by atoms with E-state index >= 15 is 0 Å². The summed E-state index contributed by atoms with van der Waals surface area (Å²) in [6.45, 7) is 8.08. The van der Waals surface area contributed by atoms with E-state index in [-0.39, 0.29) is 6.42 Å². The van der Waals surface area contributed by atoms with E-state index in [0.717, 1.165) is 19.3 Å². The van der Waals surface area contributed by atoms with E-state index in [1.54, 1.807) is 32.0 Å². The molecule has 11 nitrogen and oxygen atoms in total. The molecule has 2 saturated heterocycles. The average molecular weight is 591 g/mol. The van der Waals surface area contributed by atoms with E-state index in [9.17, 15) is 14.4 Å². The molecule has 0 bridgehead atoms. The number of carbonyl (C=O) groups is 3. The number of esters is 3. The lowest BCUT2D eigenvalue weighted by Crippen LogP contribution is -2.62. The zero-order valence-electron chi connectivity index (χ0n) is 25.3. The third-order valence-corrected chi connectivity index (χ3v) is 7.08. The van der Waals surface area contributed by atoms with Gasteiger partial charge in [-0.3, -0.25) is 9.59 Å². The Morgan fingerprint density at radius 3 is 2.19 bits per heavy atom. The highest BCUT2D eigenvalue weighted by molar-refractivity contribution is 5.92. The number of ether oxygens (including phenoxy) is 8. The van der Waals surface area contributed by atoms with Crippen molar-refractivity contribution in [3.05, 3.63) is 35.4 Å². The lowest BCUT2D eigenvalue weighted by molar-refractivity contribution is -0.338. The molecule has 9 atom stereocenters. The van der Waals surface area contributed by atoms with Crippen molar-refractivity contribution < 1.29 is 52.3 Å². The Morgan fingerprint density at radius 1 is 0.881 bits per heavy atom. The molecule has 11 heteroatoms. The van der Waals surface area contributed by atoms with E-state index in [2.05, 4.69) is 18.8 Å². The summed E-state index contributed by atoms with van der Waals surface area (Å²) in [6, 6.07) is 7.03. The van der Waals surface area contributed by atoms with E-state index in [4.69, 9.17) is 37.9 Å². The second-order valence-electron chi connectivity index (χ2n) is 10.3. The van der Waals surface area contributed by atoms with Crippen LogP contribution in [0.25, 0.3) is 0 Å². The minimum atomic E-state index is -1.09. The number of rotatable bonds is 10. The van der Waals surface area contributed by atoms with Gasteiger partial charge >= 0.3 is 17.9 Å². The van der Waals surface area contributed by atoms with Gasteiger partial charge in [0.25, 0.3) is 0 Å².